The van der Waals surface area contributed by atoms with E-state index in [2.05, 4.69) is 16.7 Å². The lowest BCUT2D eigenvalue weighted by Crippen LogP contribution is -2.51. The van der Waals surface area contributed by atoms with Crippen molar-refractivity contribution in [1.82, 2.24) is 10.6 Å². The molecule has 0 fully saturated rings. The van der Waals surface area contributed by atoms with Gasteiger partial charge in [0.25, 0.3) is 0 Å². The predicted octanol–water partition coefficient (Wildman–Crippen LogP) is 3.20. The fourth-order valence-corrected chi connectivity index (χ4v) is 2.81. The molecule has 2 N–H and O–H groups in total. The van der Waals surface area contributed by atoms with Crippen molar-refractivity contribution in [2.75, 3.05) is 6.54 Å². The third-order valence-electron chi connectivity index (χ3n) is 3.97. The van der Waals surface area contributed by atoms with Gasteiger partial charge in [-0.2, -0.15) is 5.26 Å². The van der Waals surface area contributed by atoms with Crippen molar-refractivity contribution >= 4 is 6.03 Å². The molecule has 1 atom stereocenters. The molecule has 2 amide bonds. The highest BCUT2D eigenvalue weighted by atomic mass is 16.2. The van der Waals surface area contributed by atoms with Gasteiger partial charge in [-0.25, -0.2) is 4.79 Å². The van der Waals surface area contributed by atoms with Crippen LogP contribution in [0.3, 0.4) is 0 Å². The molecule has 2 aromatic carbocycles. The second-order valence-electron chi connectivity index (χ2n) is 5.38. The molecule has 2 aromatic rings. The van der Waals surface area contributed by atoms with Crippen molar-refractivity contribution in [1.29, 1.82) is 5.26 Å². The maximum atomic E-state index is 11.9. The highest BCUT2D eigenvalue weighted by Crippen LogP contribution is 2.35. The summed E-state index contributed by atoms with van der Waals surface area (Å²) < 4.78 is 0. The Balaban J connectivity index is 2.51. The Labute approximate surface area is 137 Å². The van der Waals surface area contributed by atoms with E-state index in [-0.39, 0.29) is 6.03 Å². The molecule has 23 heavy (non-hydrogen) atoms. The molecule has 0 saturated heterocycles. The van der Waals surface area contributed by atoms with Crippen LogP contribution in [0.4, 0.5) is 4.79 Å². The SMILES string of the molecule is CCNC(=O)N[C@@H](C)C(C#N)(c1ccccc1)c1ccccc1. The Kier molecular flexibility index (Phi) is 5.37. The van der Waals surface area contributed by atoms with Gasteiger partial charge in [0.05, 0.1) is 12.1 Å². The van der Waals surface area contributed by atoms with E-state index in [9.17, 15) is 10.1 Å². The van der Waals surface area contributed by atoms with Gasteiger partial charge < -0.3 is 10.6 Å². The van der Waals surface area contributed by atoms with Crippen LogP contribution < -0.4 is 10.6 Å². The number of hydrogen-bond acceptors (Lipinski definition) is 2. The van der Waals surface area contributed by atoms with Crippen LogP contribution in [-0.4, -0.2) is 18.6 Å². The van der Waals surface area contributed by atoms with E-state index in [0.29, 0.717) is 6.54 Å². The summed E-state index contributed by atoms with van der Waals surface area (Å²) in [5.41, 5.74) is 0.768. The zero-order valence-electron chi connectivity index (χ0n) is 13.4. The minimum Gasteiger partial charge on any atom is -0.338 e. The summed E-state index contributed by atoms with van der Waals surface area (Å²) in [5.74, 6) is 0. The highest BCUT2D eigenvalue weighted by Gasteiger charge is 2.41. The maximum absolute atomic E-state index is 11.9. The van der Waals surface area contributed by atoms with Crippen molar-refractivity contribution in [2.24, 2.45) is 0 Å². The van der Waals surface area contributed by atoms with Gasteiger partial charge in [-0.3, -0.25) is 0 Å². The van der Waals surface area contributed by atoms with Crippen LogP contribution in [0.1, 0.15) is 25.0 Å². The Bertz CT molecular complexity index is 637. The molecular formula is C19H21N3O. The quantitative estimate of drug-likeness (QED) is 0.891. The number of carbonyl (C=O) groups is 1. The van der Waals surface area contributed by atoms with Crippen LogP contribution in [-0.2, 0) is 5.41 Å². The number of nitrogens with one attached hydrogen (secondary N) is 2. The molecule has 0 aliphatic rings. The summed E-state index contributed by atoms with van der Waals surface area (Å²) >= 11 is 0. The van der Waals surface area contributed by atoms with Crippen LogP contribution in [0.15, 0.2) is 60.7 Å². The van der Waals surface area contributed by atoms with Crippen molar-refractivity contribution in [2.45, 2.75) is 25.3 Å². The predicted molar refractivity (Wildman–Crippen MR) is 90.9 cm³/mol. The number of urea groups is 1. The van der Waals surface area contributed by atoms with Crippen LogP contribution in [0, 0.1) is 11.3 Å². The van der Waals surface area contributed by atoms with Crippen molar-refractivity contribution in [3.8, 4) is 6.07 Å². The summed E-state index contributed by atoms with van der Waals surface area (Å²) in [7, 11) is 0. The molecule has 2 rings (SSSR count). The first kappa shape index (κ1) is 16.6. The van der Waals surface area contributed by atoms with E-state index in [0.717, 1.165) is 11.1 Å². The number of carbonyl (C=O) groups excluding carboxylic acids is 1. The van der Waals surface area contributed by atoms with E-state index < -0.39 is 11.5 Å². The molecule has 0 aliphatic carbocycles. The molecule has 118 valence electrons. The molecule has 0 unspecified atom stereocenters. The first-order valence-corrected chi connectivity index (χ1v) is 7.71. The van der Waals surface area contributed by atoms with Crippen molar-refractivity contribution in [3.63, 3.8) is 0 Å². The minimum absolute atomic E-state index is 0.272. The zero-order chi connectivity index (χ0) is 16.7. The standard InChI is InChI=1S/C19H21N3O/c1-3-21-18(23)22-15(2)19(14-20,16-10-6-4-7-11-16)17-12-8-5-9-13-17/h4-13,15H,3H2,1-2H3,(H2,21,22,23)/t15-/m0/s1. The van der Waals surface area contributed by atoms with Gasteiger partial charge in [0, 0.05) is 6.54 Å². The third-order valence-corrected chi connectivity index (χ3v) is 3.97. The lowest BCUT2D eigenvalue weighted by Gasteiger charge is -2.34. The maximum Gasteiger partial charge on any atom is 0.315 e. The van der Waals surface area contributed by atoms with E-state index in [4.69, 9.17) is 0 Å². The Hall–Kier alpha value is -2.80. The van der Waals surface area contributed by atoms with Gasteiger partial charge in [0.1, 0.15) is 5.41 Å². The Morgan fingerprint density at radius 3 is 1.96 bits per heavy atom. The fraction of sp³-hybridized carbons (Fsp3) is 0.263. The van der Waals surface area contributed by atoms with Crippen molar-refractivity contribution < 1.29 is 4.79 Å². The largest absolute Gasteiger partial charge is 0.338 e. The van der Waals surface area contributed by atoms with E-state index >= 15 is 0 Å². The summed E-state index contributed by atoms with van der Waals surface area (Å²) in [6.07, 6.45) is 0. The van der Waals surface area contributed by atoms with Gasteiger partial charge in [0.2, 0.25) is 0 Å². The number of nitriles is 1. The molecule has 4 heteroatoms. The smallest absolute Gasteiger partial charge is 0.315 e. The number of rotatable bonds is 5. The Morgan fingerprint density at radius 2 is 1.57 bits per heavy atom. The second kappa shape index (κ2) is 7.46. The first-order valence-electron chi connectivity index (χ1n) is 7.71. The summed E-state index contributed by atoms with van der Waals surface area (Å²) in [6, 6.07) is 20.9. The Morgan fingerprint density at radius 1 is 1.09 bits per heavy atom. The van der Waals surface area contributed by atoms with Gasteiger partial charge in [-0.05, 0) is 25.0 Å². The van der Waals surface area contributed by atoms with Gasteiger partial charge in [-0.15, -0.1) is 0 Å². The van der Waals surface area contributed by atoms with E-state index in [1.54, 1.807) is 0 Å². The summed E-state index contributed by atoms with van der Waals surface area (Å²) in [5, 5.41) is 15.7. The van der Waals surface area contributed by atoms with Gasteiger partial charge >= 0.3 is 6.03 Å². The topological polar surface area (TPSA) is 64.9 Å². The van der Waals surface area contributed by atoms with Crippen molar-refractivity contribution in [3.05, 3.63) is 71.8 Å². The monoisotopic (exact) mass is 307 g/mol. The van der Waals surface area contributed by atoms with E-state index in [1.165, 1.54) is 0 Å². The van der Waals surface area contributed by atoms with Crippen LogP contribution in [0.2, 0.25) is 0 Å². The molecule has 0 aliphatic heterocycles. The van der Waals surface area contributed by atoms with Gasteiger partial charge in [-0.1, -0.05) is 60.7 Å². The molecule has 4 nitrogen and oxygen atoms in total. The van der Waals surface area contributed by atoms with Crippen LogP contribution in [0.25, 0.3) is 0 Å². The van der Waals surface area contributed by atoms with Crippen LogP contribution in [0.5, 0.6) is 0 Å². The molecule has 0 saturated carbocycles. The average Bonchev–Trinajstić information content (AvgIpc) is 2.58. The fourth-order valence-electron chi connectivity index (χ4n) is 2.81. The number of nitrogens with zero attached hydrogens (tertiary/aromatic N) is 1. The van der Waals surface area contributed by atoms with Gasteiger partial charge in [0.15, 0.2) is 0 Å². The second-order valence-corrected chi connectivity index (χ2v) is 5.38. The lowest BCUT2D eigenvalue weighted by atomic mass is 9.70. The normalized spacial score (nSPS) is 12.0. The molecule has 0 radical (unpaired) electrons. The third kappa shape index (κ3) is 3.35. The number of hydrogen-bond donors (Lipinski definition) is 2. The lowest BCUT2D eigenvalue weighted by molar-refractivity contribution is 0.235. The summed E-state index contributed by atoms with van der Waals surface area (Å²) in [4.78, 5) is 11.9. The average molecular weight is 307 g/mol. The molecular weight excluding hydrogens is 286 g/mol. The van der Waals surface area contributed by atoms with E-state index in [1.807, 2.05) is 74.5 Å². The minimum atomic E-state index is -0.951. The molecule has 0 heterocycles. The number of benzene rings is 2. The molecule has 0 spiro atoms. The first-order chi connectivity index (χ1) is 11.1. The molecule has 0 bridgehead atoms. The number of amides is 2. The summed E-state index contributed by atoms with van der Waals surface area (Å²) in [6.45, 7) is 4.25. The molecule has 0 aromatic heterocycles. The zero-order valence-corrected chi connectivity index (χ0v) is 13.4. The highest BCUT2D eigenvalue weighted by molar-refractivity contribution is 5.74. The van der Waals surface area contributed by atoms with Crippen LogP contribution >= 0.6 is 0 Å².